The minimum absolute atomic E-state index is 0.331. The van der Waals surface area contributed by atoms with Crippen molar-refractivity contribution in [2.75, 3.05) is 10.2 Å². The third kappa shape index (κ3) is 4.10. The molecule has 0 saturated carbocycles. The largest absolute Gasteiger partial charge is 0.332 e. The number of aryl methyl sites for hydroxylation is 1. The van der Waals surface area contributed by atoms with Crippen LogP contribution in [0, 0.1) is 12.7 Å². The minimum Gasteiger partial charge on any atom is -0.307 e. The van der Waals surface area contributed by atoms with E-state index in [2.05, 4.69) is 10.3 Å². The Kier molecular flexibility index (Phi) is 5.22. The fraction of sp³-hybridized carbons (Fsp3) is 0.0588. The maximum absolute atomic E-state index is 13.2. The predicted octanol–water partition coefficient (Wildman–Crippen LogP) is 6.27. The molecule has 1 aromatic heterocycles. The summed E-state index contributed by atoms with van der Waals surface area (Å²) in [5, 5.41) is 3.95. The minimum atomic E-state index is -0.445. The van der Waals surface area contributed by atoms with Crippen LogP contribution in [0.5, 0.6) is 0 Å². The molecule has 4 nitrogen and oxygen atoms in total. The van der Waals surface area contributed by atoms with Gasteiger partial charge >= 0.3 is 6.03 Å². The highest BCUT2D eigenvalue weighted by Crippen LogP contribution is 2.31. The Morgan fingerprint density at radius 1 is 1.16 bits per heavy atom. The lowest BCUT2D eigenvalue weighted by Gasteiger charge is -2.20. The molecule has 3 rings (SSSR count). The maximum atomic E-state index is 13.2. The molecule has 1 heterocycles. The molecule has 0 aliphatic carbocycles. The number of hydrogen-bond donors (Lipinski definition) is 1. The monoisotopic (exact) mass is 395 g/mol. The fourth-order valence-electron chi connectivity index (χ4n) is 2.10. The molecule has 0 aliphatic rings. The standard InChI is InChI=1S/C17H12Cl2FN3OS/c1-10-9-21-17(25-10)23(13-5-2-11(20)3-6-13)16(24)22-12-4-7-14(18)15(19)8-12/h2-9H,1H3,(H,22,24). The molecule has 0 atom stereocenters. The Labute approximate surface area is 157 Å². The molecule has 0 bridgehead atoms. The van der Waals surface area contributed by atoms with Crippen LogP contribution in [-0.2, 0) is 0 Å². The summed E-state index contributed by atoms with van der Waals surface area (Å²) in [4.78, 5) is 19.4. The number of aromatic nitrogens is 1. The van der Waals surface area contributed by atoms with Gasteiger partial charge in [0.05, 0.1) is 15.7 Å². The number of halogens is 3. The first kappa shape index (κ1) is 17.7. The van der Waals surface area contributed by atoms with Crippen molar-refractivity contribution in [2.24, 2.45) is 0 Å². The first-order valence-electron chi connectivity index (χ1n) is 7.18. The summed E-state index contributed by atoms with van der Waals surface area (Å²) in [6.45, 7) is 1.89. The molecule has 0 radical (unpaired) electrons. The number of thiazole rings is 1. The average Bonchev–Trinajstić information content (AvgIpc) is 2.99. The SMILES string of the molecule is Cc1cnc(N(C(=O)Nc2ccc(Cl)c(Cl)c2)c2ccc(F)cc2)s1. The van der Waals surface area contributed by atoms with Gasteiger partial charge in [-0.25, -0.2) is 19.1 Å². The summed E-state index contributed by atoms with van der Waals surface area (Å²) in [7, 11) is 0. The molecular weight excluding hydrogens is 384 g/mol. The van der Waals surface area contributed by atoms with Crippen LogP contribution < -0.4 is 10.2 Å². The summed E-state index contributed by atoms with van der Waals surface area (Å²) in [5.74, 6) is -0.385. The van der Waals surface area contributed by atoms with Crippen molar-refractivity contribution in [3.8, 4) is 0 Å². The molecule has 8 heteroatoms. The molecule has 1 N–H and O–H groups in total. The molecule has 25 heavy (non-hydrogen) atoms. The lowest BCUT2D eigenvalue weighted by molar-refractivity contribution is 0.259. The zero-order valence-electron chi connectivity index (χ0n) is 13.0. The van der Waals surface area contributed by atoms with Gasteiger partial charge in [0.25, 0.3) is 0 Å². The highest BCUT2D eigenvalue weighted by atomic mass is 35.5. The summed E-state index contributed by atoms with van der Waals surface area (Å²) >= 11 is 13.2. The lowest BCUT2D eigenvalue weighted by atomic mass is 10.3. The van der Waals surface area contributed by atoms with Gasteiger partial charge in [0.1, 0.15) is 5.82 Å². The smallest absolute Gasteiger partial charge is 0.307 e. The number of anilines is 3. The number of carbonyl (C=O) groups excluding carboxylic acids is 1. The Balaban J connectivity index is 1.94. The van der Waals surface area contributed by atoms with Gasteiger partial charge in [0, 0.05) is 16.8 Å². The number of benzene rings is 2. The van der Waals surface area contributed by atoms with E-state index in [9.17, 15) is 9.18 Å². The second kappa shape index (κ2) is 7.39. The van der Waals surface area contributed by atoms with Gasteiger partial charge in [-0.05, 0) is 49.4 Å². The first-order valence-corrected chi connectivity index (χ1v) is 8.75. The zero-order valence-corrected chi connectivity index (χ0v) is 15.3. The van der Waals surface area contributed by atoms with Crippen molar-refractivity contribution in [1.82, 2.24) is 4.98 Å². The molecule has 0 unspecified atom stereocenters. The van der Waals surface area contributed by atoms with E-state index < -0.39 is 6.03 Å². The Morgan fingerprint density at radius 3 is 2.48 bits per heavy atom. The average molecular weight is 396 g/mol. The van der Waals surface area contributed by atoms with Crippen LogP contribution in [0.1, 0.15) is 4.88 Å². The van der Waals surface area contributed by atoms with Gasteiger partial charge in [-0.3, -0.25) is 0 Å². The third-order valence-corrected chi connectivity index (χ3v) is 4.90. The molecular formula is C17H12Cl2FN3OS. The van der Waals surface area contributed by atoms with Gasteiger partial charge in [0.2, 0.25) is 0 Å². The highest BCUT2D eigenvalue weighted by Gasteiger charge is 2.21. The van der Waals surface area contributed by atoms with Crippen molar-refractivity contribution >= 4 is 57.1 Å². The van der Waals surface area contributed by atoms with Crippen LogP contribution in [-0.4, -0.2) is 11.0 Å². The zero-order chi connectivity index (χ0) is 18.0. The maximum Gasteiger partial charge on any atom is 0.332 e. The van der Waals surface area contributed by atoms with Crippen molar-refractivity contribution in [1.29, 1.82) is 0 Å². The van der Waals surface area contributed by atoms with Gasteiger partial charge in [-0.2, -0.15) is 0 Å². The quantitative estimate of drug-likeness (QED) is 0.567. The van der Waals surface area contributed by atoms with E-state index in [0.29, 0.717) is 26.6 Å². The summed E-state index contributed by atoms with van der Waals surface area (Å²) < 4.78 is 13.2. The molecule has 3 aromatic rings. The van der Waals surface area contributed by atoms with E-state index in [4.69, 9.17) is 23.2 Å². The Hall–Kier alpha value is -2.15. The molecule has 2 aromatic carbocycles. The van der Waals surface area contributed by atoms with Crippen LogP contribution in [0.25, 0.3) is 0 Å². The second-order valence-electron chi connectivity index (χ2n) is 5.12. The van der Waals surface area contributed by atoms with E-state index in [1.807, 2.05) is 6.92 Å². The Morgan fingerprint density at radius 2 is 1.88 bits per heavy atom. The first-order chi connectivity index (χ1) is 11.9. The highest BCUT2D eigenvalue weighted by molar-refractivity contribution is 7.15. The molecule has 0 aliphatic heterocycles. The van der Waals surface area contributed by atoms with Gasteiger partial charge < -0.3 is 5.32 Å². The summed E-state index contributed by atoms with van der Waals surface area (Å²) in [6.07, 6.45) is 1.67. The van der Waals surface area contributed by atoms with E-state index in [1.165, 1.54) is 40.5 Å². The molecule has 0 spiro atoms. The van der Waals surface area contributed by atoms with Crippen molar-refractivity contribution < 1.29 is 9.18 Å². The number of rotatable bonds is 3. The molecule has 0 fully saturated rings. The fourth-order valence-corrected chi connectivity index (χ4v) is 3.18. The van der Waals surface area contributed by atoms with Crippen LogP contribution in [0.3, 0.4) is 0 Å². The summed E-state index contributed by atoms with van der Waals surface area (Å²) in [5.41, 5.74) is 0.980. The van der Waals surface area contributed by atoms with Crippen LogP contribution >= 0.6 is 34.5 Å². The summed E-state index contributed by atoms with van der Waals surface area (Å²) in [6, 6.07) is 9.94. The van der Waals surface area contributed by atoms with Crippen LogP contribution in [0.2, 0.25) is 10.0 Å². The van der Waals surface area contributed by atoms with Gasteiger partial charge in [0.15, 0.2) is 5.13 Å². The van der Waals surface area contributed by atoms with Crippen LogP contribution in [0.4, 0.5) is 25.7 Å². The lowest BCUT2D eigenvalue weighted by Crippen LogP contribution is -2.30. The van der Waals surface area contributed by atoms with E-state index in [0.717, 1.165) is 4.88 Å². The molecule has 2 amide bonds. The normalized spacial score (nSPS) is 10.6. The number of carbonyl (C=O) groups is 1. The van der Waals surface area contributed by atoms with E-state index in [-0.39, 0.29) is 5.82 Å². The predicted molar refractivity (Wildman–Crippen MR) is 101 cm³/mol. The molecule has 128 valence electrons. The number of nitrogens with one attached hydrogen (secondary N) is 1. The second-order valence-corrected chi connectivity index (χ2v) is 7.15. The topological polar surface area (TPSA) is 45.2 Å². The van der Waals surface area contributed by atoms with E-state index >= 15 is 0 Å². The van der Waals surface area contributed by atoms with Gasteiger partial charge in [-0.15, -0.1) is 11.3 Å². The van der Waals surface area contributed by atoms with Crippen molar-refractivity contribution in [3.05, 3.63) is 69.4 Å². The van der Waals surface area contributed by atoms with E-state index in [1.54, 1.807) is 24.4 Å². The number of nitrogens with zero attached hydrogens (tertiary/aromatic N) is 2. The van der Waals surface area contributed by atoms with Crippen molar-refractivity contribution in [3.63, 3.8) is 0 Å². The third-order valence-electron chi connectivity index (χ3n) is 3.26. The number of amides is 2. The van der Waals surface area contributed by atoms with Gasteiger partial charge in [-0.1, -0.05) is 23.2 Å². The Bertz CT molecular complexity index is 915. The van der Waals surface area contributed by atoms with Crippen molar-refractivity contribution in [2.45, 2.75) is 6.92 Å². The number of urea groups is 1. The van der Waals surface area contributed by atoms with Crippen LogP contribution in [0.15, 0.2) is 48.7 Å². The number of hydrogen-bond acceptors (Lipinski definition) is 3. The molecule has 0 saturated heterocycles.